The van der Waals surface area contributed by atoms with Crippen molar-refractivity contribution in [3.8, 4) is 5.75 Å². The van der Waals surface area contributed by atoms with Crippen molar-refractivity contribution in [1.82, 2.24) is 0 Å². The number of aliphatic hydroxyl groups excluding tert-OH is 1. The first kappa shape index (κ1) is 11.2. The zero-order valence-corrected chi connectivity index (χ0v) is 8.15. The number of hydrogen-bond acceptors (Lipinski definition) is 5. The van der Waals surface area contributed by atoms with Crippen LogP contribution >= 0.6 is 0 Å². The number of esters is 1. The Labute approximate surface area is 86.0 Å². The van der Waals surface area contributed by atoms with Gasteiger partial charge in [0, 0.05) is 11.6 Å². The van der Waals surface area contributed by atoms with Gasteiger partial charge in [0.25, 0.3) is 0 Å². The van der Waals surface area contributed by atoms with Crippen LogP contribution in [0.3, 0.4) is 0 Å². The van der Waals surface area contributed by atoms with Crippen LogP contribution in [0.15, 0.2) is 22.6 Å². The molecule has 0 aromatic carbocycles. The van der Waals surface area contributed by atoms with E-state index in [1.807, 2.05) is 0 Å². The summed E-state index contributed by atoms with van der Waals surface area (Å²) in [6.07, 6.45) is 0.403. The van der Waals surface area contributed by atoms with Crippen LogP contribution in [0.2, 0.25) is 0 Å². The molecular weight excluding hydrogens is 200 g/mol. The fourth-order valence-corrected chi connectivity index (χ4v) is 0.865. The van der Waals surface area contributed by atoms with E-state index in [4.69, 9.17) is 14.3 Å². The Morgan fingerprint density at radius 2 is 2.40 bits per heavy atom. The number of rotatable bonds is 4. The number of hydrogen-bond donors (Lipinski definition) is 1. The van der Waals surface area contributed by atoms with Gasteiger partial charge in [-0.05, 0) is 6.92 Å². The Morgan fingerprint density at radius 1 is 1.73 bits per heavy atom. The second kappa shape index (κ2) is 4.56. The lowest BCUT2D eigenvalue weighted by Crippen LogP contribution is -2.08. The van der Waals surface area contributed by atoms with Crippen molar-refractivity contribution in [3.63, 3.8) is 0 Å². The molecule has 0 fully saturated rings. The largest absolute Gasteiger partial charge is 0.452 e. The van der Waals surface area contributed by atoms with E-state index in [-0.39, 0.29) is 29.4 Å². The molecule has 5 nitrogen and oxygen atoms in total. The topological polar surface area (TPSA) is 76.7 Å². The van der Waals surface area contributed by atoms with Crippen molar-refractivity contribution < 1.29 is 23.8 Å². The minimum Gasteiger partial charge on any atom is -0.452 e. The van der Waals surface area contributed by atoms with Gasteiger partial charge < -0.3 is 14.3 Å². The fourth-order valence-electron chi connectivity index (χ4n) is 0.865. The highest BCUT2D eigenvalue weighted by Crippen LogP contribution is 2.22. The maximum absolute atomic E-state index is 11.1. The highest BCUT2D eigenvalue weighted by molar-refractivity contribution is 5.90. The summed E-state index contributed by atoms with van der Waals surface area (Å²) >= 11 is 0. The van der Waals surface area contributed by atoms with Crippen LogP contribution < -0.4 is 4.74 Å². The van der Waals surface area contributed by atoms with Crippen LogP contribution in [0.5, 0.6) is 5.75 Å². The van der Waals surface area contributed by atoms with E-state index in [0.717, 1.165) is 0 Å². The zero-order valence-electron chi connectivity index (χ0n) is 8.15. The molecule has 0 amide bonds. The van der Waals surface area contributed by atoms with Gasteiger partial charge in [0.1, 0.15) is 12.4 Å². The lowest BCUT2D eigenvalue weighted by molar-refractivity contribution is -0.130. The van der Waals surface area contributed by atoms with Crippen molar-refractivity contribution in [3.05, 3.63) is 29.7 Å². The molecule has 0 saturated heterocycles. The molecule has 0 spiro atoms. The first-order valence-electron chi connectivity index (χ1n) is 4.15. The normalized spacial score (nSPS) is 9.73. The minimum absolute atomic E-state index is 0.0120. The third-order valence-electron chi connectivity index (χ3n) is 1.59. The highest BCUT2D eigenvalue weighted by atomic mass is 16.5. The van der Waals surface area contributed by atoms with E-state index in [9.17, 15) is 9.59 Å². The van der Waals surface area contributed by atoms with Crippen molar-refractivity contribution in [1.29, 1.82) is 0 Å². The number of carbonyl (C=O) groups is 2. The molecule has 0 atom stereocenters. The molecule has 1 N–H and O–H groups in total. The summed E-state index contributed by atoms with van der Waals surface area (Å²) in [6, 6.07) is 1.28. The quantitative estimate of drug-likeness (QED) is 0.457. The van der Waals surface area contributed by atoms with Crippen molar-refractivity contribution in [2.75, 3.05) is 0 Å². The third-order valence-corrected chi connectivity index (χ3v) is 1.59. The molecule has 1 aromatic heterocycles. The second-order valence-corrected chi connectivity index (χ2v) is 2.89. The number of ether oxygens (including phenoxy) is 1. The van der Waals surface area contributed by atoms with Crippen molar-refractivity contribution in [2.24, 2.45) is 0 Å². The minimum atomic E-state index is -0.650. The molecule has 0 radical (unpaired) electrons. The lowest BCUT2D eigenvalue weighted by Gasteiger charge is -1.99. The molecular formula is C10H10O5. The van der Waals surface area contributed by atoms with Crippen LogP contribution in [-0.4, -0.2) is 17.4 Å². The summed E-state index contributed by atoms with van der Waals surface area (Å²) in [5, 5.41) is 8.75. The summed E-state index contributed by atoms with van der Waals surface area (Å²) in [6.45, 7) is 4.50. The summed E-state index contributed by atoms with van der Waals surface area (Å²) in [7, 11) is 0. The SMILES string of the molecule is C=C(C)C(=O)Oc1cc(CO)oc1C=O. The van der Waals surface area contributed by atoms with E-state index in [2.05, 4.69) is 6.58 Å². The highest BCUT2D eigenvalue weighted by Gasteiger charge is 2.15. The molecule has 5 heteroatoms. The van der Waals surface area contributed by atoms with E-state index < -0.39 is 5.97 Å². The standard InChI is InChI=1S/C10H10O5/c1-6(2)10(13)15-8-3-7(4-11)14-9(8)5-12/h3,5,11H,1,4H2,2H3. The van der Waals surface area contributed by atoms with Gasteiger partial charge >= 0.3 is 5.97 Å². The Kier molecular flexibility index (Phi) is 3.41. The molecule has 0 saturated carbocycles. The van der Waals surface area contributed by atoms with Crippen LogP contribution in [0.1, 0.15) is 23.2 Å². The monoisotopic (exact) mass is 210 g/mol. The molecule has 0 unspecified atom stereocenters. The molecule has 0 bridgehead atoms. The summed E-state index contributed by atoms with van der Waals surface area (Å²) in [5.74, 6) is -0.638. The molecule has 15 heavy (non-hydrogen) atoms. The first-order chi connectivity index (χ1) is 7.08. The predicted molar refractivity (Wildman–Crippen MR) is 50.5 cm³/mol. The average Bonchev–Trinajstić information content (AvgIpc) is 2.60. The van der Waals surface area contributed by atoms with Crippen LogP contribution in [0.25, 0.3) is 0 Å². The third kappa shape index (κ3) is 2.54. The fraction of sp³-hybridized carbons (Fsp3) is 0.200. The van der Waals surface area contributed by atoms with E-state index >= 15 is 0 Å². The summed E-state index contributed by atoms with van der Waals surface area (Å²) < 4.78 is 9.67. The maximum atomic E-state index is 11.1. The Bertz CT molecular complexity index is 402. The van der Waals surface area contributed by atoms with Gasteiger partial charge in [-0.2, -0.15) is 0 Å². The van der Waals surface area contributed by atoms with Crippen molar-refractivity contribution >= 4 is 12.3 Å². The smallest absolute Gasteiger partial charge is 0.338 e. The van der Waals surface area contributed by atoms with Gasteiger partial charge in [-0.1, -0.05) is 6.58 Å². The summed E-state index contributed by atoms with van der Waals surface area (Å²) in [4.78, 5) is 21.7. The molecule has 1 rings (SSSR count). The molecule has 0 aliphatic heterocycles. The van der Waals surface area contributed by atoms with Gasteiger partial charge in [-0.15, -0.1) is 0 Å². The molecule has 80 valence electrons. The molecule has 1 heterocycles. The first-order valence-corrected chi connectivity index (χ1v) is 4.15. The number of carbonyl (C=O) groups excluding carboxylic acids is 2. The number of aldehydes is 1. The zero-order chi connectivity index (χ0) is 11.4. The van der Waals surface area contributed by atoms with Gasteiger partial charge in [0.05, 0.1) is 0 Å². The van der Waals surface area contributed by atoms with E-state index in [1.165, 1.54) is 13.0 Å². The predicted octanol–water partition coefficient (Wildman–Crippen LogP) is 1.07. The Balaban J connectivity index is 2.93. The van der Waals surface area contributed by atoms with Gasteiger partial charge in [0.2, 0.25) is 5.76 Å². The van der Waals surface area contributed by atoms with Gasteiger partial charge in [-0.25, -0.2) is 4.79 Å². The van der Waals surface area contributed by atoms with Crippen LogP contribution in [-0.2, 0) is 11.4 Å². The van der Waals surface area contributed by atoms with Crippen molar-refractivity contribution in [2.45, 2.75) is 13.5 Å². The van der Waals surface area contributed by atoms with Gasteiger partial charge in [0.15, 0.2) is 12.0 Å². The van der Waals surface area contributed by atoms with E-state index in [0.29, 0.717) is 6.29 Å². The Morgan fingerprint density at radius 3 is 2.87 bits per heavy atom. The number of aliphatic hydroxyl groups is 1. The molecule has 0 aliphatic rings. The summed E-state index contributed by atoms with van der Waals surface area (Å²) in [5.41, 5.74) is 0.207. The molecule has 1 aromatic rings. The van der Waals surface area contributed by atoms with Crippen LogP contribution in [0.4, 0.5) is 0 Å². The lowest BCUT2D eigenvalue weighted by atomic mass is 10.3. The van der Waals surface area contributed by atoms with E-state index in [1.54, 1.807) is 0 Å². The maximum Gasteiger partial charge on any atom is 0.338 e. The number of furan rings is 1. The Hall–Kier alpha value is -1.88. The second-order valence-electron chi connectivity index (χ2n) is 2.89. The van der Waals surface area contributed by atoms with Crippen LogP contribution in [0, 0.1) is 0 Å². The van der Waals surface area contributed by atoms with Gasteiger partial charge in [-0.3, -0.25) is 4.79 Å². The molecule has 0 aliphatic carbocycles. The average molecular weight is 210 g/mol.